The zero-order chi connectivity index (χ0) is 16.0. The average Bonchev–Trinajstić information content (AvgIpc) is 2.54. The number of hydrogen-bond donors (Lipinski definition) is 0. The van der Waals surface area contributed by atoms with Crippen molar-refractivity contribution in [1.82, 2.24) is 9.21 Å². The molecular formula is C16H27ClN2O3S. The van der Waals surface area contributed by atoms with Gasteiger partial charge in [-0.15, -0.1) is 12.4 Å². The number of halogens is 1. The van der Waals surface area contributed by atoms with Crippen LogP contribution in [0.15, 0.2) is 24.3 Å². The van der Waals surface area contributed by atoms with E-state index in [2.05, 4.69) is 11.0 Å². The Morgan fingerprint density at radius 1 is 1.17 bits per heavy atom. The zero-order valence-corrected chi connectivity index (χ0v) is 15.5. The minimum Gasteiger partial charge on any atom is -0.497 e. The van der Waals surface area contributed by atoms with Gasteiger partial charge < -0.3 is 4.74 Å². The molecule has 1 aromatic carbocycles. The molecule has 0 spiro atoms. The van der Waals surface area contributed by atoms with Crippen LogP contribution in [0.3, 0.4) is 0 Å². The van der Waals surface area contributed by atoms with E-state index >= 15 is 0 Å². The summed E-state index contributed by atoms with van der Waals surface area (Å²) in [5, 5.41) is 0. The normalized spacial score (nSPS) is 16.8. The molecule has 0 aliphatic carbocycles. The Hall–Kier alpha value is -0.820. The largest absolute Gasteiger partial charge is 0.497 e. The molecule has 132 valence electrons. The molecule has 0 atom stereocenters. The number of unbranched alkanes of at least 4 members (excludes halogenated alkanes) is 1. The van der Waals surface area contributed by atoms with Gasteiger partial charge in [0.1, 0.15) is 5.75 Å². The third kappa shape index (κ3) is 5.95. The molecule has 0 radical (unpaired) electrons. The molecule has 1 saturated heterocycles. The van der Waals surface area contributed by atoms with E-state index in [-0.39, 0.29) is 18.2 Å². The number of rotatable bonds is 7. The van der Waals surface area contributed by atoms with E-state index in [1.54, 1.807) is 11.4 Å². The molecular weight excluding hydrogens is 336 g/mol. The predicted octanol–water partition coefficient (Wildman–Crippen LogP) is 2.36. The van der Waals surface area contributed by atoms with E-state index in [9.17, 15) is 8.42 Å². The van der Waals surface area contributed by atoms with E-state index in [4.69, 9.17) is 4.74 Å². The number of ether oxygens (including phenoxy) is 1. The van der Waals surface area contributed by atoms with Crippen molar-refractivity contribution in [1.29, 1.82) is 0 Å². The van der Waals surface area contributed by atoms with Gasteiger partial charge >= 0.3 is 0 Å². The Kier molecular flexibility index (Phi) is 8.33. The van der Waals surface area contributed by atoms with Crippen molar-refractivity contribution < 1.29 is 13.2 Å². The van der Waals surface area contributed by atoms with Gasteiger partial charge in [-0.1, -0.05) is 25.5 Å². The van der Waals surface area contributed by atoms with Crippen molar-refractivity contribution in [2.75, 3.05) is 39.0 Å². The van der Waals surface area contributed by atoms with Crippen molar-refractivity contribution in [2.24, 2.45) is 0 Å². The third-order valence-corrected chi connectivity index (χ3v) is 5.98. The van der Waals surface area contributed by atoms with Gasteiger partial charge in [0.15, 0.2) is 0 Å². The number of benzene rings is 1. The van der Waals surface area contributed by atoms with E-state index in [0.717, 1.165) is 38.2 Å². The lowest BCUT2D eigenvalue weighted by Gasteiger charge is -2.34. The highest BCUT2D eigenvalue weighted by molar-refractivity contribution is 7.89. The van der Waals surface area contributed by atoms with E-state index in [0.29, 0.717) is 13.1 Å². The summed E-state index contributed by atoms with van der Waals surface area (Å²) in [4.78, 5) is 2.29. The van der Waals surface area contributed by atoms with Crippen LogP contribution in [-0.2, 0) is 16.6 Å². The third-order valence-electron chi connectivity index (χ3n) is 4.02. The maximum absolute atomic E-state index is 12.2. The van der Waals surface area contributed by atoms with Gasteiger partial charge in [-0.05, 0) is 24.1 Å². The molecule has 0 N–H and O–H groups in total. The van der Waals surface area contributed by atoms with E-state index in [1.165, 1.54) is 5.56 Å². The van der Waals surface area contributed by atoms with Gasteiger partial charge in [-0.25, -0.2) is 8.42 Å². The number of piperazine rings is 1. The fourth-order valence-electron chi connectivity index (χ4n) is 2.65. The summed E-state index contributed by atoms with van der Waals surface area (Å²) in [5.74, 6) is 1.14. The molecule has 23 heavy (non-hydrogen) atoms. The molecule has 0 aromatic heterocycles. The van der Waals surface area contributed by atoms with Crippen LogP contribution in [0, 0.1) is 0 Å². The van der Waals surface area contributed by atoms with E-state index in [1.807, 2.05) is 25.1 Å². The predicted molar refractivity (Wildman–Crippen MR) is 95.8 cm³/mol. The van der Waals surface area contributed by atoms with Crippen LogP contribution < -0.4 is 4.74 Å². The number of nitrogens with zero attached hydrogens (tertiary/aromatic N) is 2. The highest BCUT2D eigenvalue weighted by atomic mass is 35.5. The molecule has 1 aliphatic rings. The molecule has 2 rings (SSSR count). The van der Waals surface area contributed by atoms with Crippen molar-refractivity contribution >= 4 is 22.4 Å². The molecule has 1 aromatic rings. The lowest BCUT2D eigenvalue weighted by Crippen LogP contribution is -2.48. The van der Waals surface area contributed by atoms with Crippen LogP contribution in [-0.4, -0.2) is 56.7 Å². The van der Waals surface area contributed by atoms with Gasteiger partial charge in [-0.2, -0.15) is 4.31 Å². The Morgan fingerprint density at radius 2 is 1.87 bits per heavy atom. The molecule has 1 aliphatic heterocycles. The van der Waals surface area contributed by atoms with Crippen LogP contribution in [0.1, 0.15) is 25.3 Å². The van der Waals surface area contributed by atoms with E-state index < -0.39 is 10.0 Å². The average molecular weight is 363 g/mol. The van der Waals surface area contributed by atoms with Crippen molar-refractivity contribution in [3.8, 4) is 5.75 Å². The number of methoxy groups -OCH3 is 1. The Bertz CT molecular complexity index is 572. The summed E-state index contributed by atoms with van der Waals surface area (Å²) in [6.45, 7) is 5.60. The van der Waals surface area contributed by atoms with Gasteiger partial charge in [0.2, 0.25) is 10.0 Å². The van der Waals surface area contributed by atoms with Gasteiger partial charge in [0.05, 0.1) is 12.9 Å². The van der Waals surface area contributed by atoms with Crippen LogP contribution in [0.5, 0.6) is 5.75 Å². The summed E-state index contributed by atoms with van der Waals surface area (Å²) < 4.78 is 31.2. The second-order valence-electron chi connectivity index (χ2n) is 5.70. The van der Waals surface area contributed by atoms with Gasteiger partial charge in [0, 0.05) is 32.7 Å². The Labute approximate surface area is 146 Å². The molecule has 1 heterocycles. The molecule has 5 nitrogen and oxygen atoms in total. The van der Waals surface area contributed by atoms with Crippen LogP contribution >= 0.6 is 12.4 Å². The smallest absolute Gasteiger partial charge is 0.214 e. The topological polar surface area (TPSA) is 49.9 Å². The summed E-state index contributed by atoms with van der Waals surface area (Å²) in [5.41, 5.74) is 1.20. The van der Waals surface area contributed by atoms with Crippen molar-refractivity contribution in [3.63, 3.8) is 0 Å². The zero-order valence-electron chi connectivity index (χ0n) is 13.9. The highest BCUT2D eigenvalue weighted by Crippen LogP contribution is 2.16. The first kappa shape index (κ1) is 20.2. The molecule has 0 amide bonds. The quantitative estimate of drug-likeness (QED) is 0.747. The lowest BCUT2D eigenvalue weighted by atomic mass is 10.2. The molecule has 0 unspecified atom stereocenters. The van der Waals surface area contributed by atoms with Crippen LogP contribution in [0.25, 0.3) is 0 Å². The number of hydrogen-bond acceptors (Lipinski definition) is 4. The first-order valence-corrected chi connectivity index (χ1v) is 9.49. The highest BCUT2D eigenvalue weighted by Gasteiger charge is 2.26. The summed E-state index contributed by atoms with van der Waals surface area (Å²) in [6.07, 6.45) is 1.65. The standard InChI is InChI=1S/C16H26N2O3S.ClH/c1-3-4-12-22(19,20)18-10-8-17(9-11-18)14-15-6-5-7-16(13-15)21-2;/h5-7,13H,3-4,8-12,14H2,1-2H3;1H. The minimum atomic E-state index is -3.07. The maximum Gasteiger partial charge on any atom is 0.214 e. The van der Waals surface area contributed by atoms with Crippen LogP contribution in [0.4, 0.5) is 0 Å². The SMILES string of the molecule is CCCCS(=O)(=O)N1CCN(Cc2cccc(OC)c2)CC1.Cl. The maximum atomic E-state index is 12.2. The monoisotopic (exact) mass is 362 g/mol. The first-order chi connectivity index (χ1) is 10.5. The fourth-order valence-corrected chi connectivity index (χ4v) is 4.28. The van der Waals surface area contributed by atoms with Crippen LogP contribution in [0.2, 0.25) is 0 Å². The minimum absolute atomic E-state index is 0. The molecule has 7 heteroatoms. The second kappa shape index (κ2) is 9.47. The summed E-state index contributed by atoms with van der Waals surface area (Å²) in [7, 11) is -1.40. The lowest BCUT2D eigenvalue weighted by molar-refractivity contribution is 0.181. The molecule has 1 fully saturated rings. The second-order valence-corrected chi connectivity index (χ2v) is 7.78. The summed E-state index contributed by atoms with van der Waals surface area (Å²) in [6, 6.07) is 8.03. The Morgan fingerprint density at radius 3 is 2.48 bits per heavy atom. The van der Waals surface area contributed by atoms with Gasteiger partial charge in [0.25, 0.3) is 0 Å². The number of sulfonamides is 1. The molecule has 0 saturated carbocycles. The first-order valence-electron chi connectivity index (χ1n) is 7.88. The fraction of sp³-hybridized carbons (Fsp3) is 0.625. The Balaban J connectivity index is 0.00000264. The van der Waals surface area contributed by atoms with Crippen molar-refractivity contribution in [3.05, 3.63) is 29.8 Å². The summed E-state index contributed by atoms with van der Waals surface area (Å²) >= 11 is 0. The van der Waals surface area contributed by atoms with Crippen molar-refractivity contribution in [2.45, 2.75) is 26.3 Å². The van der Waals surface area contributed by atoms with Gasteiger partial charge in [-0.3, -0.25) is 4.90 Å². The molecule has 0 bridgehead atoms.